The minimum Gasteiger partial charge on any atom is -0.444 e. The normalized spacial score (nSPS) is 30.1. The Morgan fingerprint density at radius 3 is 2.55 bits per heavy atom. The summed E-state index contributed by atoms with van der Waals surface area (Å²) >= 11 is 0. The Labute approximate surface area is 133 Å². The molecule has 0 aromatic rings. The van der Waals surface area contributed by atoms with Crippen LogP contribution in [0.15, 0.2) is 0 Å². The van der Waals surface area contributed by atoms with Gasteiger partial charge in [-0.05, 0) is 34.1 Å². The zero-order valence-electron chi connectivity index (χ0n) is 14.4. The van der Waals surface area contributed by atoms with E-state index in [1.54, 1.807) is 0 Å². The second kappa shape index (κ2) is 6.72. The summed E-state index contributed by atoms with van der Waals surface area (Å²) in [6.45, 7) is 12.9. The van der Waals surface area contributed by atoms with Crippen LogP contribution in [0.2, 0.25) is 0 Å². The van der Waals surface area contributed by atoms with Gasteiger partial charge in [-0.15, -0.1) is 0 Å². The number of hydrogen-bond acceptors (Lipinski definition) is 5. The number of rotatable bonds is 6. The molecule has 6 nitrogen and oxygen atoms in total. The Morgan fingerprint density at radius 1 is 1.36 bits per heavy atom. The quantitative estimate of drug-likeness (QED) is 0.781. The molecule has 1 aliphatic heterocycles. The molecule has 2 aliphatic rings. The van der Waals surface area contributed by atoms with Crippen molar-refractivity contribution < 1.29 is 19.0 Å². The van der Waals surface area contributed by atoms with Gasteiger partial charge in [-0.25, -0.2) is 4.79 Å². The Bertz CT molecular complexity index is 390. The summed E-state index contributed by atoms with van der Waals surface area (Å²) in [6, 6.07) is 0.181. The van der Waals surface area contributed by atoms with Gasteiger partial charge < -0.3 is 24.8 Å². The van der Waals surface area contributed by atoms with Crippen molar-refractivity contribution in [2.24, 2.45) is 5.41 Å². The SMILES string of the molecule is CCOC1CC(NC(=O)OC(C)(C)C)C1NCC1(C)COC1. The average Bonchev–Trinajstić information content (AvgIpc) is 2.33. The van der Waals surface area contributed by atoms with E-state index in [9.17, 15) is 4.79 Å². The van der Waals surface area contributed by atoms with E-state index in [-0.39, 0.29) is 29.7 Å². The Morgan fingerprint density at radius 2 is 2.05 bits per heavy atom. The van der Waals surface area contributed by atoms with Crippen LogP contribution in [0, 0.1) is 5.41 Å². The molecule has 6 heteroatoms. The number of nitrogens with one attached hydrogen (secondary N) is 2. The van der Waals surface area contributed by atoms with Crippen LogP contribution >= 0.6 is 0 Å². The summed E-state index contributed by atoms with van der Waals surface area (Å²) in [7, 11) is 0. The van der Waals surface area contributed by atoms with Crippen LogP contribution in [0.4, 0.5) is 4.79 Å². The van der Waals surface area contributed by atoms with Gasteiger partial charge in [0.1, 0.15) is 5.60 Å². The first-order chi connectivity index (χ1) is 10.2. The highest BCUT2D eigenvalue weighted by molar-refractivity contribution is 5.68. The second-order valence-corrected chi connectivity index (χ2v) is 7.69. The average molecular weight is 314 g/mol. The maximum Gasteiger partial charge on any atom is 0.407 e. The van der Waals surface area contributed by atoms with Gasteiger partial charge in [0.2, 0.25) is 0 Å². The van der Waals surface area contributed by atoms with E-state index < -0.39 is 5.60 Å². The monoisotopic (exact) mass is 314 g/mol. The van der Waals surface area contributed by atoms with Crippen LogP contribution in [-0.4, -0.2) is 56.2 Å². The molecule has 0 radical (unpaired) electrons. The molecule has 1 heterocycles. The highest BCUT2D eigenvalue weighted by Gasteiger charge is 2.44. The first-order valence-electron chi connectivity index (χ1n) is 8.15. The van der Waals surface area contributed by atoms with E-state index in [2.05, 4.69) is 17.6 Å². The minimum atomic E-state index is -0.479. The van der Waals surface area contributed by atoms with Crippen LogP contribution in [0.1, 0.15) is 41.0 Å². The lowest BCUT2D eigenvalue weighted by molar-refractivity contribution is -0.108. The highest BCUT2D eigenvalue weighted by atomic mass is 16.6. The van der Waals surface area contributed by atoms with Crippen molar-refractivity contribution in [2.45, 2.75) is 64.8 Å². The molecule has 22 heavy (non-hydrogen) atoms. The van der Waals surface area contributed by atoms with Gasteiger partial charge in [-0.2, -0.15) is 0 Å². The third kappa shape index (κ3) is 4.57. The second-order valence-electron chi connectivity index (χ2n) is 7.69. The van der Waals surface area contributed by atoms with Crippen molar-refractivity contribution in [2.75, 3.05) is 26.4 Å². The van der Waals surface area contributed by atoms with Crippen molar-refractivity contribution in [3.05, 3.63) is 0 Å². The number of carbonyl (C=O) groups excluding carboxylic acids is 1. The lowest BCUT2D eigenvalue weighted by Gasteiger charge is -2.47. The van der Waals surface area contributed by atoms with Crippen LogP contribution in [-0.2, 0) is 14.2 Å². The number of hydrogen-bond donors (Lipinski definition) is 2. The van der Waals surface area contributed by atoms with Crippen molar-refractivity contribution in [1.82, 2.24) is 10.6 Å². The first-order valence-corrected chi connectivity index (χ1v) is 8.15. The largest absolute Gasteiger partial charge is 0.444 e. The zero-order valence-corrected chi connectivity index (χ0v) is 14.4. The number of alkyl carbamates (subject to hydrolysis) is 1. The van der Waals surface area contributed by atoms with E-state index in [0.717, 1.165) is 26.2 Å². The Hall–Kier alpha value is -0.850. The summed E-state index contributed by atoms with van der Waals surface area (Å²) in [5, 5.41) is 6.49. The van der Waals surface area contributed by atoms with Gasteiger partial charge in [-0.1, -0.05) is 6.92 Å². The molecule has 0 aromatic carbocycles. The third-order valence-corrected chi connectivity index (χ3v) is 4.07. The van der Waals surface area contributed by atoms with E-state index in [0.29, 0.717) is 6.61 Å². The molecule has 3 unspecified atom stereocenters. The fraction of sp³-hybridized carbons (Fsp3) is 0.938. The number of carbonyl (C=O) groups is 1. The van der Waals surface area contributed by atoms with E-state index in [4.69, 9.17) is 14.2 Å². The molecule has 0 spiro atoms. The van der Waals surface area contributed by atoms with Gasteiger partial charge in [-0.3, -0.25) is 0 Å². The molecule has 128 valence electrons. The van der Waals surface area contributed by atoms with E-state index >= 15 is 0 Å². The van der Waals surface area contributed by atoms with Gasteiger partial charge in [0.25, 0.3) is 0 Å². The lowest BCUT2D eigenvalue weighted by Crippen LogP contribution is -2.68. The van der Waals surface area contributed by atoms with Crippen molar-refractivity contribution >= 4 is 6.09 Å². The smallest absolute Gasteiger partial charge is 0.407 e. The van der Waals surface area contributed by atoms with Crippen LogP contribution in [0.3, 0.4) is 0 Å². The standard InChI is InChI=1S/C16H30N2O4/c1-6-21-12-7-11(18-14(19)22-15(2,3)4)13(12)17-8-16(5)9-20-10-16/h11-13,17H,6-10H2,1-5H3,(H,18,19). The van der Waals surface area contributed by atoms with Crippen molar-refractivity contribution in [1.29, 1.82) is 0 Å². The third-order valence-electron chi connectivity index (χ3n) is 4.07. The topological polar surface area (TPSA) is 68.8 Å². The Balaban J connectivity index is 1.83. The van der Waals surface area contributed by atoms with Crippen molar-refractivity contribution in [3.8, 4) is 0 Å². The Kier molecular flexibility index (Phi) is 5.35. The predicted octanol–water partition coefficient (Wildman–Crippen LogP) is 1.68. The molecule has 0 bridgehead atoms. The fourth-order valence-electron chi connectivity index (χ4n) is 2.79. The molecular formula is C16H30N2O4. The molecule has 1 saturated heterocycles. The summed E-state index contributed by atoms with van der Waals surface area (Å²) in [5.74, 6) is 0. The minimum absolute atomic E-state index is 0.0518. The van der Waals surface area contributed by atoms with E-state index in [1.807, 2.05) is 27.7 Å². The van der Waals surface area contributed by atoms with Crippen LogP contribution in [0.5, 0.6) is 0 Å². The summed E-state index contributed by atoms with van der Waals surface area (Å²) in [4.78, 5) is 11.9. The van der Waals surface area contributed by atoms with Gasteiger partial charge in [0.15, 0.2) is 0 Å². The molecule has 3 atom stereocenters. The summed E-state index contributed by atoms with van der Waals surface area (Å²) in [6.07, 6.45) is 0.602. The van der Waals surface area contributed by atoms with Gasteiger partial charge in [0.05, 0.1) is 31.4 Å². The van der Waals surface area contributed by atoms with Gasteiger partial charge in [0, 0.05) is 18.6 Å². The lowest BCUT2D eigenvalue weighted by atomic mass is 9.81. The number of amides is 1. The molecule has 2 fully saturated rings. The molecule has 2 rings (SSSR count). The zero-order chi connectivity index (χ0) is 16.4. The summed E-state index contributed by atoms with van der Waals surface area (Å²) in [5.41, 5.74) is -0.282. The van der Waals surface area contributed by atoms with Crippen LogP contribution in [0.25, 0.3) is 0 Å². The molecular weight excluding hydrogens is 284 g/mol. The molecule has 0 aromatic heterocycles. The van der Waals surface area contributed by atoms with E-state index in [1.165, 1.54) is 0 Å². The van der Waals surface area contributed by atoms with Gasteiger partial charge >= 0.3 is 6.09 Å². The molecule has 1 aliphatic carbocycles. The molecule has 1 saturated carbocycles. The van der Waals surface area contributed by atoms with Crippen LogP contribution < -0.4 is 10.6 Å². The predicted molar refractivity (Wildman–Crippen MR) is 83.9 cm³/mol. The first kappa shape index (κ1) is 17.5. The highest BCUT2D eigenvalue weighted by Crippen LogP contribution is 2.29. The fourth-order valence-corrected chi connectivity index (χ4v) is 2.79. The summed E-state index contributed by atoms with van der Waals surface area (Å²) < 4.78 is 16.3. The maximum atomic E-state index is 11.9. The molecule has 1 amide bonds. The molecule has 2 N–H and O–H groups in total. The maximum absolute atomic E-state index is 11.9. The van der Waals surface area contributed by atoms with Crippen molar-refractivity contribution in [3.63, 3.8) is 0 Å². The number of ether oxygens (including phenoxy) is 3.